The standard InChI is InChI=1S/C15H27N3/c1-2-13-9-15(12-18(11-13)8-7-16)17-10-14-5-3-4-6-14/h13-15,17H,2-6,8-12H2,1H3. The molecule has 0 aromatic heterocycles. The normalized spacial score (nSPS) is 30.4. The lowest BCUT2D eigenvalue weighted by molar-refractivity contribution is 0.150. The van der Waals surface area contributed by atoms with Crippen LogP contribution < -0.4 is 5.32 Å². The molecule has 1 aliphatic carbocycles. The van der Waals surface area contributed by atoms with Crippen LogP contribution in [0.25, 0.3) is 0 Å². The Labute approximate surface area is 112 Å². The van der Waals surface area contributed by atoms with Gasteiger partial charge in [0.25, 0.3) is 0 Å². The van der Waals surface area contributed by atoms with Gasteiger partial charge < -0.3 is 5.32 Å². The smallest absolute Gasteiger partial charge is 0.0866 e. The van der Waals surface area contributed by atoms with Crippen molar-refractivity contribution in [2.75, 3.05) is 26.2 Å². The largest absolute Gasteiger partial charge is 0.312 e. The summed E-state index contributed by atoms with van der Waals surface area (Å²) in [5.74, 6) is 1.68. The lowest BCUT2D eigenvalue weighted by Gasteiger charge is -2.37. The van der Waals surface area contributed by atoms with E-state index in [9.17, 15) is 0 Å². The molecule has 102 valence electrons. The average Bonchev–Trinajstić information content (AvgIpc) is 2.89. The second-order valence-corrected chi connectivity index (χ2v) is 6.12. The molecule has 3 nitrogen and oxygen atoms in total. The number of hydrogen-bond donors (Lipinski definition) is 1. The molecule has 2 rings (SSSR count). The van der Waals surface area contributed by atoms with Crippen molar-refractivity contribution in [1.29, 1.82) is 5.26 Å². The summed E-state index contributed by atoms with van der Waals surface area (Å²) in [6, 6.07) is 2.91. The highest BCUT2D eigenvalue weighted by Crippen LogP contribution is 2.25. The second-order valence-electron chi connectivity index (χ2n) is 6.12. The van der Waals surface area contributed by atoms with Crippen LogP contribution in [0, 0.1) is 23.2 Å². The summed E-state index contributed by atoms with van der Waals surface area (Å²) in [5.41, 5.74) is 0. The second kappa shape index (κ2) is 7.11. The van der Waals surface area contributed by atoms with Gasteiger partial charge in [-0.3, -0.25) is 4.90 Å². The summed E-state index contributed by atoms with van der Waals surface area (Å²) in [4.78, 5) is 2.32. The SMILES string of the molecule is CCC1CC(NCC2CCCC2)CN(CC#N)C1. The average molecular weight is 249 g/mol. The van der Waals surface area contributed by atoms with Crippen molar-refractivity contribution in [3.8, 4) is 6.07 Å². The van der Waals surface area contributed by atoms with Crippen LogP contribution in [-0.4, -0.2) is 37.1 Å². The van der Waals surface area contributed by atoms with E-state index in [2.05, 4.69) is 23.2 Å². The first-order valence-corrected chi connectivity index (χ1v) is 7.64. The van der Waals surface area contributed by atoms with E-state index in [-0.39, 0.29) is 0 Å². The van der Waals surface area contributed by atoms with Crippen LogP contribution in [0.4, 0.5) is 0 Å². The van der Waals surface area contributed by atoms with E-state index in [1.54, 1.807) is 0 Å². The molecule has 1 saturated carbocycles. The van der Waals surface area contributed by atoms with Gasteiger partial charge in [-0.05, 0) is 37.6 Å². The molecule has 0 spiro atoms. The molecule has 1 aliphatic heterocycles. The number of piperidine rings is 1. The summed E-state index contributed by atoms with van der Waals surface area (Å²) in [7, 11) is 0. The molecular formula is C15H27N3. The third kappa shape index (κ3) is 3.96. The van der Waals surface area contributed by atoms with Crippen LogP contribution in [-0.2, 0) is 0 Å². The fourth-order valence-corrected chi connectivity index (χ4v) is 3.52. The van der Waals surface area contributed by atoms with Crippen LogP contribution >= 0.6 is 0 Å². The van der Waals surface area contributed by atoms with E-state index in [4.69, 9.17) is 5.26 Å². The van der Waals surface area contributed by atoms with Gasteiger partial charge in [0.2, 0.25) is 0 Å². The molecule has 1 N–H and O–H groups in total. The van der Waals surface area contributed by atoms with Gasteiger partial charge in [-0.25, -0.2) is 0 Å². The molecule has 1 heterocycles. The van der Waals surface area contributed by atoms with Crippen molar-refractivity contribution >= 4 is 0 Å². The third-order valence-corrected chi connectivity index (χ3v) is 4.65. The van der Waals surface area contributed by atoms with Gasteiger partial charge in [0.05, 0.1) is 12.6 Å². The molecule has 2 aliphatic rings. The molecule has 2 unspecified atom stereocenters. The first-order chi connectivity index (χ1) is 8.81. The Kier molecular flexibility index (Phi) is 5.46. The minimum atomic E-state index is 0.595. The highest BCUT2D eigenvalue weighted by molar-refractivity contribution is 4.88. The zero-order valence-corrected chi connectivity index (χ0v) is 11.7. The van der Waals surface area contributed by atoms with Crippen LogP contribution in [0.15, 0.2) is 0 Å². The highest BCUT2D eigenvalue weighted by Gasteiger charge is 2.26. The molecule has 2 fully saturated rings. The fourth-order valence-electron chi connectivity index (χ4n) is 3.52. The lowest BCUT2D eigenvalue weighted by atomic mass is 9.91. The van der Waals surface area contributed by atoms with Crippen molar-refractivity contribution in [2.45, 2.75) is 51.5 Å². The summed E-state index contributed by atoms with van der Waals surface area (Å²) >= 11 is 0. The molecule has 0 aromatic carbocycles. The maximum atomic E-state index is 8.85. The number of nitrogens with one attached hydrogen (secondary N) is 1. The van der Waals surface area contributed by atoms with Gasteiger partial charge in [0.1, 0.15) is 0 Å². The van der Waals surface area contributed by atoms with E-state index < -0.39 is 0 Å². The lowest BCUT2D eigenvalue weighted by Crippen LogP contribution is -2.50. The van der Waals surface area contributed by atoms with Gasteiger partial charge in [-0.2, -0.15) is 5.26 Å². The Bertz CT molecular complexity index is 278. The summed E-state index contributed by atoms with van der Waals surface area (Å²) < 4.78 is 0. The minimum Gasteiger partial charge on any atom is -0.312 e. The van der Waals surface area contributed by atoms with Crippen LogP contribution in [0.1, 0.15) is 45.4 Å². The Morgan fingerprint density at radius 3 is 2.67 bits per heavy atom. The topological polar surface area (TPSA) is 39.1 Å². The van der Waals surface area contributed by atoms with Gasteiger partial charge in [-0.1, -0.05) is 26.2 Å². The molecule has 18 heavy (non-hydrogen) atoms. The number of rotatable bonds is 5. The Balaban J connectivity index is 1.77. The minimum absolute atomic E-state index is 0.595. The fraction of sp³-hybridized carbons (Fsp3) is 0.933. The maximum absolute atomic E-state index is 8.85. The Morgan fingerprint density at radius 2 is 2.00 bits per heavy atom. The Morgan fingerprint density at radius 1 is 1.22 bits per heavy atom. The highest BCUT2D eigenvalue weighted by atomic mass is 15.2. The number of nitriles is 1. The summed E-state index contributed by atoms with van der Waals surface area (Å²) in [5, 5.41) is 12.6. The molecule has 0 amide bonds. The van der Waals surface area contributed by atoms with Crippen LogP contribution in [0.5, 0.6) is 0 Å². The molecule has 1 saturated heterocycles. The van der Waals surface area contributed by atoms with E-state index in [1.807, 2.05) is 0 Å². The van der Waals surface area contributed by atoms with Crippen molar-refractivity contribution in [3.05, 3.63) is 0 Å². The summed E-state index contributed by atoms with van der Waals surface area (Å²) in [6.07, 6.45) is 8.22. The van der Waals surface area contributed by atoms with Crippen molar-refractivity contribution in [1.82, 2.24) is 10.2 Å². The zero-order chi connectivity index (χ0) is 12.8. The molecule has 2 atom stereocenters. The quantitative estimate of drug-likeness (QED) is 0.760. The van der Waals surface area contributed by atoms with Crippen LogP contribution in [0.2, 0.25) is 0 Å². The summed E-state index contributed by atoms with van der Waals surface area (Å²) in [6.45, 7) is 6.25. The van der Waals surface area contributed by atoms with Gasteiger partial charge in [0, 0.05) is 19.1 Å². The number of nitrogens with zero attached hydrogens (tertiary/aromatic N) is 2. The third-order valence-electron chi connectivity index (χ3n) is 4.65. The first kappa shape index (κ1) is 13.8. The monoisotopic (exact) mass is 249 g/mol. The van der Waals surface area contributed by atoms with Gasteiger partial charge in [0.15, 0.2) is 0 Å². The molecule has 0 bridgehead atoms. The molecule has 3 heteroatoms. The zero-order valence-electron chi connectivity index (χ0n) is 11.7. The van der Waals surface area contributed by atoms with Crippen molar-refractivity contribution < 1.29 is 0 Å². The van der Waals surface area contributed by atoms with Crippen molar-refractivity contribution in [2.24, 2.45) is 11.8 Å². The van der Waals surface area contributed by atoms with Crippen LogP contribution in [0.3, 0.4) is 0 Å². The predicted octanol–water partition coefficient (Wildman–Crippen LogP) is 2.39. The maximum Gasteiger partial charge on any atom is 0.0866 e. The van der Waals surface area contributed by atoms with Gasteiger partial charge in [-0.15, -0.1) is 0 Å². The Hall–Kier alpha value is -0.590. The molecule has 0 radical (unpaired) electrons. The number of hydrogen-bond acceptors (Lipinski definition) is 3. The van der Waals surface area contributed by atoms with E-state index in [0.29, 0.717) is 12.6 Å². The van der Waals surface area contributed by atoms with Crippen molar-refractivity contribution in [3.63, 3.8) is 0 Å². The van der Waals surface area contributed by atoms with Gasteiger partial charge >= 0.3 is 0 Å². The molecule has 0 aromatic rings. The van der Waals surface area contributed by atoms with E-state index in [1.165, 1.54) is 45.1 Å². The first-order valence-electron chi connectivity index (χ1n) is 7.64. The number of likely N-dealkylation sites (tertiary alicyclic amines) is 1. The van der Waals surface area contributed by atoms with E-state index in [0.717, 1.165) is 24.9 Å². The van der Waals surface area contributed by atoms with E-state index >= 15 is 0 Å². The molecular weight excluding hydrogens is 222 g/mol. The predicted molar refractivity (Wildman–Crippen MR) is 74.2 cm³/mol.